The second-order valence-electron chi connectivity index (χ2n) is 7.93. The summed E-state index contributed by atoms with van der Waals surface area (Å²) in [6, 6.07) is 22.5. The van der Waals surface area contributed by atoms with Crippen LogP contribution >= 0.6 is 23.4 Å². The van der Waals surface area contributed by atoms with E-state index < -0.39 is 23.6 Å². The van der Waals surface area contributed by atoms with Crippen LogP contribution < -0.4 is 4.90 Å². The largest absolute Gasteiger partial charge is 0.480 e. The summed E-state index contributed by atoms with van der Waals surface area (Å²) in [6.07, 6.45) is 0. The van der Waals surface area contributed by atoms with Crippen LogP contribution in [-0.2, 0) is 9.59 Å². The molecular weight excluding hydrogens is 489 g/mol. The van der Waals surface area contributed by atoms with E-state index in [0.717, 1.165) is 11.1 Å². The van der Waals surface area contributed by atoms with E-state index in [1.54, 1.807) is 18.2 Å². The first-order chi connectivity index (χ1) is 16.9. The molecule has 0 saturated carbocycles. The van der Waals surface area contributed by atoms with Gasteiger partial charge in [-0.1, -0.05) is 60.1 Å². The number of carboxylic acid groups (broad SMARTS) is 1. The monoisotopic (exact) mass is 507 g/mol. The minimum Gasteiger partial charge on any atom is -0.480 e. The number of carbonyl (C=O) groups is 2. The smallest absolute Gasteiger partial charge is 0.323 e. The van der Waals surface area contributed by atoms with E-state index in [9.17, 15) is 19.1 Å². The van der Waals surface area contributed by atoms with Crippen molar-refractivity contribution in [1.29, 1.82) is 0 Å². The maximum Gasteiger partial charge on any atom is 0.323 e. The number of aliphatic carboxylic acids is 1. The van der Waals surface area contributed by atoms with Crippen LogP contribution in [0, 0.1) is 5.82 Å². The van der Waals surface area contributed by atoms with Gasteiger partial charge >= 0.3 is 5.97 Å². The molecule has 0 radical (unpaired) electrons. The Hall–Kier alpha value is -3.62. The highest BCUT2D eigenvalue weighted by Crippen LogP contribution is 2.49. The molecule has 35 heavy (non-hydrogen) atoms. The summed E-state index contributed by atoms with van der Waals surface area (Å²) in [5, 5.41) is 14.6. The lowest BCUT2D eigenvalue weighted by Gasteiger charge is -2.22. The molecule has 0 spiro atoms. The number of hydrogen-bond donors (Lipinski definition) is 1. The van der Waals surface area contributed by atoms with Crippen molar-refractivity contribution in [1.82, 2.24) is 9.78 Å². The zero-order valence-corrected chi connectivity index (χ0v) is 19.8. The number of hydrogen-bond acceptors (Lipinski definition) is 4. The van der Waals surface area contributed by atoms with Crippen molar-refractivity contribution in [3.63, 3.8) is 0 Å². The molecule has 9 heteroatoms. The fraction of sp³-hybridized carbons (Fsp3) is 0.115. The maximum atomic E-state index is 13.7. The summed E-state index contributed by atoms with van der Waals surface area (Å²) in [6.45, 7) is -0.539. The molecule has 1 atom stereocenters. The minimum atomic E-state index is -1.15. The minimum absolute atomic E-state index is 0.0511. The molecule has 1 aliphatic rings. The maximum absolute atomic E-state index is 13.7. The van der Waals surface area contributed by atoms with Crippen LogP contribution in [0.15, 0.2) is 78.9 Å². The van der Waals surface area contributed by atoms with Crippen LogP contribution in [0.3, 0.4) is 0 Å². The van der Waals surface area contributed by atoms with Crippen molar-refractivity contribution in [2.45, 2.75) is 5.25 Å². The van der Waals surface area contributed by atoms with Crippen LogP contribution in [0.25, 0.3) is 16.9 Å². The molecule has 0 bridgehead atoms. The zero-order valence-electron chi connectivity index (χ0n) is 18.3. The first kappa shape index (κ1) is 23.1. The van der Waals surface area contributed by atoms with Crippen molar-refractivity contribution >= 4 is 41.1 Å². The number of nitrogens with zero attached hydrogens (tertiary/aromatic N) is 3. The quantitative estimate of drug-likeness (QED) is 0.381. The number of carboxylic acids is 1. The molecule has 176 valence electrons. The molecule has 6 nitrogen and oxygen atoms in total. The number of amides is 1. The second-order valence-corrected chi connectivity index (χ2v) is 9.43. The third-order valence-corrected chi connectivity index (χ3v) is 7.27. The van der Waals surface area contributed by atoms with Gasteiger partial charge in [-0.05, 0) is 35.9 Å². The first-order valence-corrected chi connectivity index (χ1v) is 12.2. The van der Waals surface area contributed by atoms with E-state index in [1.807, 2.05) is 48.5 Å². The van der Waals surface area contributed by atoms with Crippen molar-refractivity contribution in [3.8, 4) is 16.9 Å². The standard InChI is InChI=1S/C26H19ClFN3O3S/c27-20-9-5-4-8-19(20)25-23-24(16-6-2-1-3-7-16)29-31(18-12-10-17(28)11-13-18)26(23)30(14-22(33)34)21(32)15-35-25/h1-13,25H,14-15H2,(H,33,34). The van der Waals surface area contributed by atoms with E-state index >= 15 is 0 Å². The molecule has 1 N–H and O–H groups in total. The van der Waals surface area contributed by atoms with Gasteiger partial charge in [0.2, 0.25) is 5.91 Å². The number of fused-ring (bicyclic) bond motifs is 1. The lowest BCUT2D eigenvalue weighted by atomic mass is 9.99. The number of benzene rings is 3. The molecular formula is C26H19ClFN3O3S. The fourth-order valence-corrected chi connectivity index (χ4v) is 5.70. The number of aromatic nitrogens is 2. The van der Waals surface area contributed by atoms with Gasteiger partial charge < -0.3 is 5.11 Å². The molecule has 0 aliphatic carbocycles. The molecule has 1 aromatic heterocycles. The van der Waals surface area contributed by atoms with E-state index in [-0.39, 0.29) is 11.7 Å². The molecule has 4 aromatic rings. The van der Waals surface area contributed by atoms with E-state index in [0.29, 0.717) is 27.8 Å². The Morgan fingerprint density at radius 1 is 1.06 bits per heavy atom. The van der Waals surface area contributed by atoms with Crippen molar-refractivity contribution in [2.75, 3.05) is 17.2 Å². The Morgan fingerprint density at radius 3 is 2.43 bits per heavy atom. The highest BCUT2D eigenvalue weighted by atomic mass is 35.5. The first-order valence-electron chi connectivity index (χ1n) is 10.8. The molecule has 0 fully saturated rings. The third-order valence-electron chi connectivity index (χ3n) is 5.69. The SMILES string of the molecule is O=C(O)CN1C(=O)CSC(c2ccccc2Cl)c2c(-c3ccccc3)nn(-c3ccc(F)cc3)c21. The Kier molecular flexibility index (Phi) is 6.32. The Labute approximate surface area is 209 Å². The number of thioether (sulfide) groups is 1. The normalized spacial score (nSPS) is 15.5. The van der Waals surface area contributed by atoms with Gasteiger partial charge in [0.1, 0.15) is 18.2 Å². The van der Waals surface area contributed by atoms with E-state index in [1.165, 1.54) is 33.5 Å². The van der Waals surface area contributed by atoms with Gasteiger partial charge in [-0.2, -0.15) is 5.10 Å². The Morgan fingerprint density at radius 2 is 1.74 bits per heavy atom. The number of halogens is 2. The summed E-state index contributed by atoms with van der Waals surface area (Å²) < 4.78 is 15.2. The van der Waals surface area contributed by atoms with Gasteiger partial charge in [0.15, 0.2) is 0 Å². The average Bonchev–Trinajstić information content (AvgIpc) is 3.18. The van der Waals surface area contributed by atoms with Crippen LogP contribution in [0.2, 0.25) is 5.02 Å². The summed E-state index contributed by atoms with van der Waals surface area (Å²) in [7, 11) is 0. The van der Waals surface area contributed by atoms with E-state index in [2.05, 4.69) is 0 Å². The summed E-state index contributed by atoms with van der Waals surface area (Å²) in [5.74, 6) is -1.55. The van der Waals surface area contributed by atoms with Crippen LogP contribution in [0.1, 0.15) is 16.4 Å². The molecule has 1 unspecified atom stereocenters. The van der Waals surface area contributed by atoms with Gasteiger partial charge in [0, 0.05) is 16.1 Å². The zero-order chi connectivity index (χ0) is 24.5. The summed E-state index contributed by atoms with van der Waals surface area (Å²) in [5.41, 5.74) is 3.35. The molecule has 2 heterocycles. The van der Waals surface area contributed by atoms with Gasteiger partial charge in [-0.25, -0.2) is 9.07 Å². The van der Waals surface area contributed by atoms with Gasteiger partial charge in [0.05, 0.1) is 22.4 Å². The van der Waals surface area contributed by atoms with Crippen molar-refractivity contribution in [2.24, 2.45) is 0 Å². The Bertz CT molecular complexity index is 1410. The van der Waals surface area contributed by atoms with Crippen LogP contribution in [0.4, 0.5) is 10.2 Å². The number of anilines is 1. The predicted molar refractivity (Wildman–Crippen MR) is 135 cm³/mol. The van der Waals surface area contributed by atoms with Gasteiger partial charge in [-0.3, -0.25) is 14.5 Å². The molecule has 1 aliphatic heterocycles. The molecule has 0 saturated heterocycles. The van der Waals surface area contributed by atoms with Crippen LogP contribution in [-0.4, -0.2) is 39.1 Å². The topological polar surface area (TPSA) is 75.4 Å². The lowest BCUT2D eigenvalue weighted by Crippen LogP contribution is -2.38. The highest BCUT2D eigenvalue weighted by Gasteiger charge is 2.38. The van der Waals surface area contributed by atoms with Gasteiger partial charge in [0.25, 0.3) is 0 Å². The Balaban J connectivity index is 1.86. The average molecular weight is 508 g/mol. The number of carbonyl (C=O) groups excluding carboxylic acids is 1. The fourth-order valence-electron chi connectivity index (χ4n) is 4.16. The van der Waals surface area contributed by atoms with Crippen molar-refractivity contribution < 1.29 is 19.1 Å². The molecule has 3 aromatic carbocycles. The van der Waals surface area contributed by atoms with Gasteiger partial charge in [-0.15, -0.1) is 11.8 Å². The van der Waals surface area contributed by atoms with Crippen molar-refractivity contribution in [3.05, 3.63) is 101 Å². The second kappa shape index (κ2) is 9.56. The highest BCUT2D eigenvalue weighted by molar-refractivity contribution is 8.00. The lowest BCUT2D eigenvalue weighted by molar-refractivity contribution is -0.136. The molecule has 5 rings (SSSR count). The third kappa shape index (κ3) is 4.42. The predicted octanol–water partition coefficient (Wildman–Crippen LogP) is 5.59. The summed E-state index contributed by atoms with van der Waals surface area (Å²) in [4.78, 5) is 26.3. The number of rotatable bonds is 5. The summed E-state index contributed by atoms with van der Waals surface area (Å²) >= 11 is 7.97. The van der Waals surface area contributed by atoms with E-state index in [4.69, 9.17) is 16.7 Å². The van der Waals surface area contributed by atoms with Crippen LogP contribution in [0.5, 0.6) is 0 Å². The molecule has 1 amide bonds.